The summed E-state index contributed by atoms with van der Waals surface area (Å²) >= 11 is 11.3. The first-order valence-electron chi connectivity index (χ1n) is 7.50. The third kappa shape index (κ3) is 4.47. The fourth-order valence-corrected chi connectivity index (χ4v) is 2.46. The van der Waals surface area contributed by atoms with Crippen LogP contribution in [0.5, 0.6) is 0 Å². The predicted octanol–water partition coefficient (Wildman–Crippen LogP) is 4.04. The maximum absolute atomic E-state index is 13.8. The number of nitrogens with zero attached hydrogens (tertiary/aromatic N) is 4. The molecule has 0 aliphatic heterocycles. The molecule has 0 saturated carbocycles. The van der Waals surface area contributed by atoms with Crippen molar-refractivity contribution in [3.8, 4) is 0 Å². The van der Waals surface area contributed by atoms with Crippen molar-refractivity contribution in [2.75, 3.05) is 0 Å². The normalized spacial score (nSPS) is 12.4. The van der Waals surface area contributed by atoms with Gasteiger partial charge in [0.25, 0.3) is 0 Å². The Kier molecular flexibility index (Phi) is 5.78. The van der Waals surface area contributed by atoms with E-state index >= 15 is 0 Å². The van der Waals surface area contributed by atoms with Crippen LogP contribution in [0.4, 0.5) is 8.78 Å². The van der Waals surface area contributed by atoms with E-state index in [4.69, 9.17) is 33.5 Å². The van der Waals surface area contributed by atoms with Crippen molar-refractivity contribution in [2.45, 2.75) is 6.54 Å². The first-order valence-corrected chi connectivity index (χ1v) is 8.26. The topological polar surface area (TPSA) is 90.2 Å². The Morgan fingerprint density at radius 3 is 2.48 bits per heavy atom. The molecule has 3 aromatic rings. The molecule has 2 N–H and O–H groups in total. The molecule has 10 heteroatoms. The zero-order valence-corrected chi connectivity index (χ0v) is 15.0. The molecule has 27 heavy (non-hydrogen) atoms. The molecule has 138 valence electrons. The van der Waals surface area contributed by atoms with E-state index in [1.165, 1.54) is 18.4 Å². The Morgan fingerprint density at radius 2 is 1.85 bits per heavy atom. The number of rotatable bonds is 5. The summed E-state index contributed by atoms with van der Waals surface area (Å²) in [7, 11) is 0. The minimum Gasteiger partial charge on any atom is -0.396 e. The second kappa shape index (κ2) is 8.24. The molecule has 0 spiro atoms. The lowest BCUT2D eigenvalue weighted by Crippen LogP contribution is -2.09. The van der Waals surface area contributed by atoms with Crippen molar-refractivity contribution < 1.29 is 13.3 Å². The molecule has 0 aliphatic rings. The third-order valence-electron chi connectivity index (χ3n) is 3.40. The van der Waals surface area contributed by atoms with Crippen LogP contribution in [-0.2, 0) is 6.54 Å². The smallest absolute Gasteiger partial charge is 0.197 e. The second-order valence-electron chi connectivity index (χ2n) is 5.22. The predicted molar refractivity (Wildman–Crippen MR) is 97.3 cm³/mol. The van der Waals surface area contributed by atoms with Crippen LogP contribution in [0.15, 0.2) is 52.2 Å². The van der Waals surface area contributed by atoms with E-state index in [2.05, 4.69) is 20.1 Å². The number of allylic oxidation sites excluding steroid dienone is 1. The number of halogens is 4. The molecule has 6 nitrogen and oxygen atoms in total. The zero-order valence-electron chi connectivity index (χ0n) is 13.5. The quantitative estimate of drug-likeness (QED) is 0.507. The number of nitrogens with two attached hydrogens (primary N) is 1. The van der Waals surface area contributed by atoms with Gasteiger partial charge in [-0.3, -0.25) is 4.99 Å². The molecular weight excluding hydrogens is 399 g/mol. The summed E-state index contributed by atoms with van der Waals surface area (Å²) in [5, 5.41) is 2.86. The Hall–Kier alpha value is -2.84. The molecule has 0 saturated heterocycles. The van der Waals surface area contributed by atoms with E-state index in [1.54, 1.807) is 24.3 Å². The molecule has 0 unspecified atom stereocenters. The Balaban J connectivity index is 1.98. The van der Waals surface area contributed by atoms with Crippen LogP contribution in [0.25, 0.3) is 5.70 Å². The minimum atomic E-state index is -0.945. The van der Waals surface area contributed by atoms with Gasteiger partial charge >= 0.3 is 0 Å². The van der Waals surface area contributed by atoms with Crippen LogP contribution in [0.1, 0.15) is 17.1 Å². The molecule has 0 radical (unpaired) electrons. The Bertz CT molecular complexity index is 999. The van der Waals surface area contributed by atoms with E-state index < -0.39 is 21.9 Å². The van der Waals surface area contributed by atoms with Crippen LogP contribution in [0, 0.1) is 11.6 Å². The van der Waals surface area contributed by atoms with E-state index in [0.29, 0.717) is 11.3 Å². The van der Waals surface area contributed by atoms with Gasteiger partial charge in [-0.15, -0.1) is 0 Å². The van der Waals surface area contributed by atoms with Crippen molar-refractivity contribution in [2.24, 2.45) is 10.7 Å². The molecule has 0 atom stereocenters. The van der Waals surface area contributed by atoms with Crippen LogP contribution >= 0.6 is 23.2 Å². The monoisotopic (exact) mass is 409 g/mol. The van der Waals surface area contributed by atoms with Crippen molar-refractivity contribution in [1.82, 2.24) is 15.1 Å². The number of benzene rings is 1. The van der Waals surface area contributed by atoms with E-state index in [-0.39, 0.29) is 23.8 Å². The molecule has 0 aliphatic carbocycles. The Morgan fingerprint density at radius 1 is 1.15 bits per heavy atom. The molecule has 2 heterocycles. The van der Waals surface area contributed by atoms with Gasteiger partial charge in [0.05, 0.1) is 18.0 Å². The second-order valence-corrected chi connectivity index (χ2v) is 5.94. The number of hydrogen-bond donors (Lipinski definition) is 1. The van der Waals surface area contributed by atoms with Crippen LogP contribution in [0.2, 0.25) is 10.3 Å². The van der Waals surface area contributed by atoms with Gasteiger partial charge in [-0.2, -0.15) is 0 Å². The van der Waals surface area contributed by atoms with Gasteiger partial charge in [-0.05, 0) is 12.1 Å². The highest BCUT2D eigenvalue weighted by Crippen LogP contribution is 2.21. The van der Waals surface area contributed by atoms with Crippen LogP contribution in [-0.4, -0.2) is 20.8 Å². The lowest BCUT2D eigenvalue weighted by Gasteiger charge is -2.05. The highest BCUT2D eigenvalue weighted by atomic mass is 35.5. The number of aromatic nitrogens is 3. The SMILES string of the molecule is NC(=CC(=NCc1ccccc1F)c1ccon1)c1nc(Cl)c(F)c(Cl)n1. The number of hydrogen-bond acceptors (Lipinski definition) is 6. The summed E-state index contributed by atoms with van der Waals surface area (Å²) in [6.07, 6.45) is 2.73. The van der Waals surface area contributed by atoms with Gasteiger partial charge in [-0.25, -0.2) is 18.7 Å². The summed E-state index contributed by atoms with van der Waals surface area (Å²) in [6.45, 7) is 0.0322. The van der Waals surface area contributed by atoms with Gasteiger partial charge in [0.1, 0.15) is 17.8 Å². The highest BCUT2D eigenvalue weighted by Gasteiger charge is 2.14. The summed E-state index contributed by atoms with van der Waals surface area (Å²) in [6, 6.07) is 7.77. The highest BCUT2D eigenvalue weighted by molar-refractivity contribution is 6.33. The lowest BCUT2D eigenvalue weighted by molar-refractivity contribution is 0.418. The average molecular weight is 410 g/mol. The maximum Gasteiger partial charge on any atom is 0.197 e. The van der Waals surface area contributed by atoms with Gasteiger partial charge < -0.3 is 10.3 Å². The minimum absolute atomic E-state index is 0.00841. The summed E-state index contributed by atoms with van der Waals surface area (Å²) in [5.74, 6) is -1.42. The van der Waals surface area contributed by atoms with Crippen molar-refractivity contribution in [3.05, 3.63) is 81.7 Å². The number of aliphatic imine (C=N–C) groups is 1. The zero-order chi connectivity index (χ0) is 19.4. The fraction of sp³-hybridized carbons (Fsp3) is 0.0588. The van der Waals surface area contributed by atoms with Crippen molar-refractivity contribution in [1.29, 1.82) is 0 Å². The van der Waals surface area contributed by atoms with Gasteiger partial charge in [-0.1, -0.05) is 46.6 Å². The van der Waals surface area contributed by atoms with E-state index in [1.807, 2.05) is 0 Å². The van der Waals surface area contributed by atoms with Gasteiger partial charge in [0.2, 0.25) is 0 Å². The van der Waals surface area contributed by atoms with E-state index in [9.17, 15) is 8.78 Å². The van der Waals surface area contributed by atoms with Crippen LogP contribution < -0.4 is 5.73 Å². The third-order valence-corrected chi connectivity index (χ3v) is 3.90. The van der Waals surface area contributed by atoms with E-state index in [0.717, 1.165) is 0 Å². The largest absolute Gasteiger partial charge is 0.396 e. The molecule has 3 rings (SSSR count). The summed E-state index contributed by atoms with van der Waals surface area (Å²) < 4.78 is 32.1. The fourth-order valence-electron chi connectivity index (χ4n) is 2.08. The lowest BCUT2D eigenvalue weighted by atomic mass is 10.2. The summed E-state index contributed by atoms with van der Waals surface area (Å²) in [4.78, 5) is 11.8. The maximum atomic E-state index is 13.8. The first-order chi connectivity index (χ1) is 13.0. The summed E-state index contributed by atoms with van der Waals surface area (Å²) in [5.41, 5.74) is 7.00. The molecular formula is C17H11Cl2F2N5O. The molecule has 0 amide bonds. The van der Waals surface area contributed by atoms with Gasteiger partial charge in [0.15, 0.2) is 21.9 Å². The average Bonchev–Trinajstić information content (AvgIpc) is 3.18. The van der Waals surface area contributed by atoms with Gasteiger partial charge in [0, 0.05) is 11.6 Å². The molecule has 2 aromatic heterocycles. The molecule has 0 fully saturated rings. The first kappa shape index (κ1) is 18.9. The molecule has 1 aromatic carbocycles. The standard InChI is InChI=1S/C17H11Cl2F2N5O/c18-15-14(21)16(19)25-17(24-15)11(22)7-13(12-5-6-27-26-12)23-8-9-3-1-2-4-10(9)20/h1-7H,8,22H2. The van der Waals surface area contributed by atoms with Crippen molar-refractivity contribution in [3.63, 3.8) is 0 Å². The Labute approximate surface area is 162 Å². The van der Waals surface area contributed by atoms with Crippen LogP contribution in [0.3, 0.4) is 0 Å². The molecule has 0 bridgehead atoms. The van der Waals surface area contributed by atoms with Crippen molar-refractivity contribution >= 4 is 34.6 Å².